The van der Waals surface area contributed by atoms with Crippen LogP contribution in [0.1, 0.15) is 30.0 Å². The van der Waals surface area contributed by atoms with Gasteiger partial charge in [-0.1, -0.05) is 24.3 Å². The summed E-state index contributed by atoms with van der Waals surface area (Å²) < 4.78 is 6.51. The van der Waals surface area contributed by atoms with Gasteiger partial charge in [-0.2, -0.15) is 0 Å². The van der Waals surface area contributed by atoms with Gasteiger partial charge in [0, 0.05) is 12.7 Å². The van der Waals surface area contributed by atoms with Crippen LogP contribution in [0.3, 0.4) is 0 Å². The number of oxazole rings is 1. The normalized spacial score (nSPS) is 16.4. The van der Waals surface area contributed by atoms with Gasteiger partial charge in [-0.25, -0.2) is 9.59 Å². The molecule has 0 unspecified atom stereocenters. The van der Waals surface area contributed by atoms with Gasteiger partial charge in [-0.05, 0) is 48.6 Å². The molecule has 6 heteroatoms. The van der Waals surface area contributed by atoms with E-state index in [2.05, 4.69) is 22.8 Å². The van der Waals surface area contributed by atoms with Crippen molar-refractivity contribution in [2.75, 3.05) is 5.32 Å². The summed E-state index contributed by atoms with van der Waals surface area (Å²) in [5, 5.41) is 5.89. The summed E-state index contributed by atoms with van der Waals surface area (Å²) in [5.74, 6) is -0.421. The van der Waals surface area contributed by atoms with E-state index < -0.39 is 5.76 Å². The number of nitrogens with zero attached hydrogens (tertiary/aromatic N) is 1. The molecule has 0 radical (unpaired) electrons. The monoisotopic (exact) mass is 337 g/mol. The van der Waals surface area contributed by atoms with Crippen molar-refractivity contribution >= 4 is 22.8 Å². The molecule has 25 heavy (non-hydrogen) atoms. The first-order valence-electron chi connectivity index (χ1n) is 8.37. The Morgan fingerprint density at radius 3 is 2.96 bits per heavy atom. The number of fused-ring (bicyclic) bond motifs is 2. The van der Waals surface area contributed by atoms with Crippen LogP contribution in [-0.4, -0.2) is 10.6 Å². The first-order chi connectivity index (χ1) is 12.1. The summed E-state index contributed by atoms with van der Waals surface area (Å²) in [6.07, 6.45) is 3.05. The van der Waals surface area contributed by atoms with E-state index in [1.165, 1.54) is 15.7 Å². The van der Waals surface area contributed by atoms with Crippen LogP contribution in [0.15, 0.2) is 51.7 Å². The van der Waals surface area contributed by atoms with Crippen molar-refractivity contribution in [3.8, 4) is 0 Å². The third-order valence-corrected chi connectivity index (χ3v) is 4.72. The number of anilines is 1. The fourth-order valence-electron chi connectivity index (χ4n) is 3.43. The molecule has 0 spiro atoms. The summed E-state index contributed by atoms with van der Waals surface area (Å²) >= 11 is 0. The molecule has 1 aliphatic rings. The van der Waals surface area contributed by atoms with Crippen molar-refractivity contribution in [1.29, 1.82) is 0 Å². The Labute approximate surface area is 144 Å². The minimum Gasteiger partial charge on any atom is -0.408 e. The van der Waals surface area contributed by atoms with Crippen molar-refractivity contribution in [2.24, 2.45) is 7.05 Å². The Kier molecular flexibility index (Phi) is 3.80. The second-order valence-electron chi connectivity index (χ2n) is 6.35. The fraction of sp³-hybridized carbons (Fsp3) is 0.263. The van der Waals surface area contributed by atoms with Crippen molar-refractivity contribution in [3.05, 3.63) is 64.1 Å². The minimum atomic E-state index is -0.421. The van der Waals surface area contributed by atoms with Crippen LogP contribution < -0.4 is 16.4 Å². The third kappa shape index (κ3) is 2.91. The van der Waals surface area contributed by atoms with Gasteiger partial charge in [-0.3, -0.25) is 4.57 Å². The number of aromatic nitrogens is 1. The van der Waals surface area contributed by atoms with Gasteiger partial charge in [0.25, 0.3) is 0 Å². The standard InChI is InChI=1S/C19H19N3O3/c1-22-16-11-13(9-10-17(16)25-19(22)24)20-18(23)21-15-8-4-6-12-5-2-3-7-14(12)15/h2-3,5,7,9-11,15H,4,6,8H2,1H3,(H2,20,21,23)/t15-/m1/s1. The Balaban J connectivity index is 1.51. The summed E-state index contributed by atoms with van der Waals surface area (Å²) in [6.45, 7) is 0. The van der Waals surface area contributed by atoms with Crippen LogP contribution in [0.4, 0.5) is 10.5 Å². The second-order valence-corrected chi connectivity index (χ2v) is 6.35. The zero-order chi connectivity index (χ0) is 17.4. The molecule has 0 saturated carbocycles. The van der Waals surface area contributed by atoms with E-state index in [0.717, 1.165) is 19.3 Å². The van der Waals surface area contributed by atoms with Gasteiger partial charge < -0.3 is 15.1 Å². The molecule has 2 amide bonds. The maximum absolute atomic E-state index is 12.4. The van der Waals surface area contributed by atoms with Crippen LogP contribution in [-0.2, 0) is 13.5 Å². The largest absolute Gasteiger partial charge is 0.419 e. The number of nitrogens with one attached hydrogen (secondary N) is 2. The van der Waals surface area contributed by atoms with E-state index in [1.54, 1.807) is 25.2 Å². The maximum atomic E-state index is 12.4. The van der Waals surface area contributed by atoms with E-state index in [4.69, 9.17) is 4.42 Å². The molecule has 2 aromatic carbocycles. The molecule has 1 aromatic heterocycles. The van der Waals surface area contributed by atoms with E-state index in [1.807, 2.05) is 12.1 Å². The zero-order valence-corrected chi connectivity index (χ0v) is 13.9. The summed E-state index contributed by atoms with van der Waals surface area (Å²) in [4.78, 5) is 24.0. The van der Waals surface area contributed by atoms with Gasteiger partial charge in [-0.15, -0.1) is 0 Å². The average Bonchev–Trinajstić information content (AvgIpc) is 2.90. The number of urea groups is 1. The highest BCUT2D eigenvalue weighted by molar-refractivity contribution is 5.91. The molecule has 128 valence electrons. The molecule has 1 aliphatic carbocycles. The van der Waals surface area contributed by atoms with Crippen LogP contribution in [0.25, 0.3) is 11.1 Å². The van der Waals surface area contributed by atoms with Crippen LogP contribution in [0.5, 0.6) is 0 Å². The van der Waals surface area contributed by atoms with Crippen LogP contribution in [0, 0.1) is 0 Å². The van der Waals surface area contributed by atoms with E-state index in [-0.39, 0.29) is 12.1 Å². The SMILES string of the molecule is Cn1c(=O)oc2ccc(NC(=O)N[C@@H]3CCCc4ccccc43)cc21. The summed E-state index contributed by atoms with van der Waals surface area (Å²) in [6, 6.07) is 13.1. The summed E-state index contributed by atoms with van der Waals surface area (Å²) in [5.41, 5.74) is 4.25. The Morgan fingerprint density at radius 2 is 2.08 bits per heavy atom. The number of hydrogen-bond donors (Lipinski definition) is 2. The predicted molar refractivity (Wildman–Crippen MR) is 95.7 cm³/mol. The molecular weight excluding hydrogens is 318 g/mol. The fourth-order valence-corrected chi connectivity index (χ4v) is 3.43. The van der Waals surface area contributed by atoms with Gasteiger partial charge in [0.2, 0.25) is 0 Å². The molecule has 2 N–H and O–H groups in total. The molecule has 0 bridgehead atoms. The average molecular weight is 337 g/mol. The summed E-state index contributed by atoms with van der Waals surface area (Å²) in [7, 11) is 1.64. The Morgan fingerprint density at radius 1 is 1.24 bits per heavy atom. The number of carbonyl (C=O) groups is 1. The van der Waals surface area contributed by atoms with Crippen molar-refractivity contribution in [2.45, 2.75) is 25.3 Å². The number of benzene rings is 2. The lowest BCUT2D eigenvalue weighted by molar-refractivity contribution is 0.247. The van der Waals surface area contributed by atoms with Crippen molar-refractivity contribution < 1.29 is 9.21 Å². The smallest absolute Gasteiger partial charge is 0.408 e. The minimum absolute atomic E-state index is 0.0203. The van der Waals surface area contributed by atoms with E-state index in [0.29, 0.717) is 16.8 Å². The second kappa shape index (κ2) is 6.12. The van der Waals surface area contributed by atoms with Gasteiger partial charge in [0.1, 0.15) is 0 Å². The highest BCUT2D eigenvalue weighted by atomic mass is 16.4. The maximum Gasteiger partial charge on any atom is 0.419 e. The Hall–Kier alpha value is -3.02. The van der Waals surface area contributed by atoms with Crippen LogP contribution in [0.2, 0.25) is 0 Å². The third-order valence-electron chi connectivity index (χ3n) is 4.72. The lowest BCUT2D eigenvalue weighted by Crippen LogP contribution is -2.34. The zero-order valence-electron chi connectivity index (χ0n) is 13.9. The van der Waals surface area contributed by atoms with Crippen LogP contribution >= 0.6 is 0 Å². The predicted octanol–water partition coefficient (Wildman–Crippen LogP) is 3.33. The van der Waals surface area contributed by atoms with Gasteiger partial charge >= 0.3 is 11.8 Å². The van der Waals surface area contributed by atoms with E-state index in [9.17, 15) is 9.59 Å². The molecule has 1 heterocycles. The van der Waals surface area contributed by atoms with Crippen molar-refractivity contribution in [1.82, 2.24) is 9.88 Å². The highest BCUT2D eigenvalue weighted by Gasteiger charge is 2.21. The highest BCUT2D eigenvalue weighted by Crippen LogP contribution is 2.29. The lowest BCUT2D eigenvalue weighted by atomic mass is 9.88. The molecule has 6 nitrogen and oxygen atoms in total. The van der Waals surface area contributed by atoms with Crippen molar-refractivity contribution in [3.63, 3.8) is 0 Å². The molecule has 3 aromatic rings. The molecule has 4 rings (SSSR count). The number of rotatable bonds is 2. The Bertz CT molecular complexity index is 1000. The first kappa shape index (κ1) is 15.5. The first-order valence-corrected chi connectivity index (χ1v) is 8.37. The van der Waals surface area contributed by atoms with Gasteiger partial charge in [0.05, 0.1) is 11.6 Å². The molecular formula is C19H19N3O3. The topological polar surface area (TPSA) is 76.3 Å². The molecule has 0 saturated heterocycles. The number of amides is 2. The van der Waals surface area contributed by atoms with Gasteiger partial charge in [0.15, 0.2) is 5.58 Å². The lowest BCUT2D eigenvalue weighted by Gasteiger charge is -2.26. The molecule has 0 fully saturated rings. The quantitative estimate of drug-likeness (QED) is 0.753. The molecule has 1 atom stereocenters. The molecule has 0 aliphatic heterocycles. The van der Waals surface area contributed by atoms with E-state index >= 15 is 0 Å². The number of carbonyl (C=O) groups excluding carboxylic acids is 1. The number of hydrogen-bond acceptors (Lipinski definition) is 3. The number of aryl methyl sites for hydroxylation is 2.